The lowest BCUT2D eigenvalue weighted by atomic mass is 10.0. The number of aldehydes is 1. The van der Waals surface area contributed by atoms with Crippen molar-refractivity contribution in [1.82, 2.24) is 0 Å². The Hall–Kier alpha value is -1.36. The molecule has 0 amide bonds. The molecular weight excluding hydrogens is 202 g/mol. The van der Waals surface area contributed by atoms with E-state index in [4.69, 9.17) is 0 Å². The van der Waals surface area contributed by atoms with Crippen molar-refractivity contribution in [1.29, 1.82) is 0 Å². The maximum atomic E-state index is 10.6. The third kappa shape index (κ3) is 1.93. The highest BCUT2D eigenvalue weighted by molar-refractivity contribution is 7.80. The van der Waals surface area contributed by atoms with E-state index in [0.29, 0.717) is 5.56 Å². The average Bonchev–Trinajstić information content (AvgIpc) is 2.16. The Bertz CT molecular complexity index is 378. The second kappa shape index (κ2) is 4.23. The number of benzene rings is 1. The van der Waals surface area contributed by atoms with Gasteiger partial charge in [0.25, 0.3) is 5.69 Å². The molecule has 1 rings (SSSR count). The molecule has 0 aliphatic heterocycles. The molecule has 0 fully saturated rings. The molecule has 4 nitrogen and oxygen atoms in total. The third-order valence-electron chi connectivity index (χ3n) is 1.94. The molecule has 0 aliphatic rings. The fourth-order valence-corrected chi connectivity index (χ4v) is 1.57. The molecule has 0 bridgehead atoms. The molecule has 74 valence electrons. The van der Waals surface area contributed by atoms with E-state index >= 15 is 0 Å². The lowest BCUT2D eigenvalue weighted by Gasteiger charge is -2.06. The molecule has 0 saturated carbocycles. The number of carbonyl (C=O) groups excluding carboxylic acids is 1. The van der Waals surface area contributed by atoms with Gasteiger partial charge in [0.2, 0.25) is 0 Å². The van der Waals surface area contributed by atoms with Crippen LogP contribution in [0.4, 0.5) is 5.69 Å². The average molecular weight is 211 g/mol. The summed E-state index contributed by atoms with van der Waals surface area (Å²) < 4.78 is 0. The zero-order valence-electron chi connectivity index (χ0n) is 7.51. The summed E-state index contributed by atoms with van der Waals surface area (Å²) in [6, 6.07) is 4.57. The van der Waals surface area contributed by atoms with Crippen molar-refractivity contribution in [3.63, 3.8) is 0 Å². The van der Waals surface area contributed by atoms with E-state index in [1.807, 2.05) is 0 Å². The first-order valence-corrected chi connectivity index (χ1v) is 4.44. The van der Waals surface area contributed by atoms with Crippen LogP contribution in [0.15, 0.2) is 23.1 Å². The summed E-state index contributed by atoms with van der Waals surface area (Å²) in [5.41, 5.74) is 0.511. The standard InChI is InChI=1S/C9H9NO3S/c1-6(5-11)7-3-2-4-8(9(7)14)10(12)13/h2-6,14H,1H3. The van der Waals surface area contributed by atoms with Crippen molar-refractivity contribution in [3.8, 4) is 0 Å². The van der Waals surface area contributed by atoms with Crippen LogP contribution in [0, 0.1) is 10.1 Å². The highest BCUT2D eigenvalue weighted by Gasteiger charge is 2.17. The fraction of sp³-hybridized carbons (Fsp3) is 0.222. The molecule has 0 saturated heterocycles. The van der Waals surface area contributed by atoms with Crippen LogP contribution in [0.1, 0.15) is 18.4 Å². The number of thiol groups is 1. The maximum Gasteiger partial charge on any atom is 0.282 e. The Labute approximate surface area is 86.5 Å². The topological polar surface area (TPSA) is 60.2 Å². The minimum absolute atomic E-state index is 0.0699. The van der Waals surface area contributed by atoms with Crippen LogP contribution in [-0.4, -0.2) is 11.2 Å². The monoisotopic (exact) mass is 211 g/mol. The van der Waals surface area contributed by atoms with Crippen LogP contribution in [0.5, 0.6) is 0 Å². The van der Waals surface area contributed by atoms with Crippen molar-refractivity contribution in [3.05, 3.63) is 33.9 Å². The summed E-state index contributed by atoms with van der Waals surface area (Å²) in [5.74, 6) is -0.373. The highest BCUT2D eigenvalue weighted by atomic mass is 32.1. The van der Waals surface area contributed by atoms with Crippen molar-refractivity contribution in [2.75, 3.05) is 0 Å². The molecule has 0 radical (unpaired) electrons. The minimum atomic E-state index is -0.511. The fourth-order valence-electron chi connectivity index (χ4n) is 1.14. The van der Waals surface area contributed by atoms with E-state index in [-0.39, 0.29) is 16.5 Å². The number of hydrogen-bond acceptors (Lipinski definition) is 4. The lowest BCUT2D eigenvalue weighted by molar-refractivity contribution is -0.387. The molecule has 0 spiro atoms. The second-order valence-corrected chi connectivity index (χ2v) is 3.34. The number of nitro benzene ring substituents is 1. The molecule has 0 heterocycles. The Morgan fingerprint density at radius 2 is 2.21 bits per heavy atom. The third-order valence-corrected chi connectivity index (χ3v) is 2.42. The van der Waals surface area contributed by atoms with E-state index in [2.05, 4.69) is 12.6 Å². The summed E-state index contributed by atoms with van der Waals surface area (Å²) in [5, 5.41) is 10.6. The number of nitro groups is 1. The molecule has 0 aliphatic carbocycles. The largest absolute Gasteiger partial charge is 0.303 e. The first-order chi connectivity index (χ1) is 6.57. The summed E-state index contributed by atoms with van der Waals surface area (Å²) in [6.45, 7) is 1.67. The van der Waals surface area contributed by atoms with Gasteiger partial charge in [-0.25, -0.2) is 0 Å². The van der Waals surface area contributed by atoms with Gasteiger partial charge >= 0.3 is 0 Å². The van der Waals surface area contributed by atoms with E-state index in [1.165, 1.54) is 6.07 Å². The van der Waals surface area contributed by atoms with E-state index in [1.54, 1.807) is 19.1 Å². The first kappa shape index (κ1) is 10.7. The molecule has 0 aromatic heterocycles. The zero-order valence-corrected chi connectivity index (χ0v) is 8.40. The van der Waals surface area contributed by atoms with Gasteiger partial charge in [0, 0.05) is 12.0 Å². The zero-order chi connectivity index (χ0) is 10.7. The molecule has 5 heteroatoms. The molecule has 1 aromatic rings. The smallest absolute Gasteiger partial charge is 0.282 e. The van der Waals surface area contributed by atoms with Gasteiger partial charge in [0.15, 0.2) is 0 Å². The molecule has 14 heavy (non-hydrogen) atoms. The second-order valence-electron chi connectivity index (χ2n) is 2.90. The Kier molecular flexibility index (Phi) is 3.24. The number of hydrogen-bond donors (Lipinski definition) is 1. The van der Waals surface area contributed by atoms with Gasteiger partial charge in [-0.1, -0.05) is 19.1 Å². The molecular formula is C9H9NO3S. The lowest BCUT2D eigenvalue weighted by Crippen LogP contribution is -1.99. The van der Waals surface area contributed by atoms with Gasteiger partial charge in [-0.15, -0.1) is 12.6 Å². The molecule has 1 unspecified atom stereocenters. The Morgan fingerprint density at radius 3 is 2.71 bits per heavy atom. The van der Waals surface area contributed by atoms with E-state index in [0.717, 1.165) is 6.29 Å². The molecule has 1 aromatic carbocycles. The van der Waals surface area contributed by atoms with Crippen molar-refractivity contribution < 1.29 is 9.72 Å². The van der Waals surface area contributed by atoms with Gasteiger partial charge in [-0.2, -0.15) is 0 Å². The first-order valence-electron chi connectivity index (χ1n) is 3.99. The SMILES string of the molecule is CC(C=O)c1cccc([N+](=O)[O-])c1S. The normalized spacial score (nSPS) is 12.1. The summed E-state index contributed by atoms with van der Waals surface area (Å²) in [6.07, 6.45) is 0.735. The van der Waals surface area contributed by atoms with Crippen LogP contribution < -0.4 is 0 Å². The predicted octanol–water partition coefficient (Wildman–Crippen LogP) is 2.19. The quantitative estimate of drug-likeness (QED) is 0.361. The van der Waals surface area contributed by atoms with Crippen LogP contribution in [0.25, 0.3) is 0 Å². The summed E-state index contributed by atoms with van der Waals surface area (Å²) >= 11 is 4.04. The molecule has 0 N–H and O–H groups in total. The van der Waals surface area contributed by atoms with Crippen LogP contribution >= 0.6 is 12.6 Å². The number of nitrogens with zero attached hydrogens (tertiary/aromatic N) is 1. The van der Waals surface area contributed by atoms with Gasteiger partial charge in [-0.05, 0) is 5.56 Å². The number of rotatable bonds is 3. The number of carbonyl (C=O) groups is 1. The van der Waals surface area contributed by atoms with Crippen LogP contribution in [-0.2, 0) is 4.79 Å². The van der Waals surface area contributed by atoms with Gasteiger partial charge in [-0.3, -0.25) is 10.1 Å². The minimum Gasteiger partial charge on any atom is -0.303 e. The Balaban J connectivity index is 3.26. The highest BCUT2D eigenvalue weighted by Crippen LogP contribution is 2.29. The van der Waals surface area contributed by atoms with E-state index < -0.39 is 4.92 Å². The maximum absolute atomic E-state index is 10.6. The van der Waals surface area contributed by atoms with Crippen LogP contribution in [0.2, 0.25) is 0 Å². The van der Waals surface area contributed by atoms with Crippen molar-refractivity contribution in [2.45, 2.75) is 17.7 Å². The van der Waals surface area contributed by atoms with E-state index in [9.17, 15) is 14.9 Å². The predicted molar refractivity (Wildman–Crippen MR) is 54.8 cm³/mol. The van der Waals surface area contributed by atoms with Gasteiger partial charge in [0.05, 0.1) is 9.82 Å². The Morgan fingerprint density at radius 1 is 1.57 bits per heavy atom. The molecule has 1 atom stereocenters. The summed E-state index contributed by atoms with van der Waals surface area (Å²) in [4.78, 5) is 20.8. The summed E-state index contributed by atoms with van der Waals surface area (Å²) in [7, 11) is 0. The van der Waals surface area contributed by atoms with Gasteiger partial charge in [0.1, 0.15) is 6.29 Å². The van der Waals surface area contributed by atoms with Crippen molar-refractivity contribution in [2.24, 2.45) is 0 Å². The van der Waals surface area contributed by atoms with Crippen LogP contribution in [0.3, 0.4) is 0 Å². The van der Waals surface area contributed by atoms with Gasteiger partial charge < -0.3 is 4.79 Å². The van der Waals surface area contributed by atoms with Crippen molar-refractivity contribution >= 4 is 24.6 Å².